The summed E-state index contributed by atoms with van der Waals surface area (Å²) in [4.78, 5) is 55.6. The molecule has 1 amide bonds. The summed E-state index contributed by atoms with van der Waals surface area (Å²) in [5.41, 5.74) is -0.386. The molecule has 0 saturated heterocycles. The minimum absolute atomic E-state index is 0.0435. The fraction of sp³-hybridized carbons (Fsp3) is 0.250. The Balaban J connectivity index is 1.43. The van der Waals surface area contributed by atoms with Gasteiger partial charge < -0.3 is 14.4 Å². The van der Waals surface area contributed by atoms with Crippen LogP contribution in [0.2, 0.25) is 0 Å². The summed E-state index contributed by atoms with van der Waals surface area (Å²) < 4.78 is 35.3. The van der Waals surface area contributed by atoms with Crippen molar-refractivity contribution >= 4 is 22.9 Å². The number of carbonyl (C=O) groups excluding carboxylic acids is 1. The topological polar surface area (TPSA) is 156 Å². The maximum Gasteiger partial charge on any atom is 0.332 e. The number of rotatable bonds is 7. The molecule has 0 unspecified atom stereocenters. The molecule has 0 spiro atoms. The molecule has 39 heavy (non-hydrogen) atoms. The van der Waals surface area contributed by atoms with Crippen LogP contribution in [0.5, 0.6) is 0 Å². The van der Waals surface area contributed by atoms with Crippen molar-refractivity contribution in [2.24, 2.45) is 7.05 Å². The van der Waals surface area contributed by atoms with Gasteiger partial charge in [0.15, 0.2) is 17.0 Å². The molecule has 0 aliphatic rings. The van der Waals surface area contributed by atoms with E-state index in [1.807, 2.05) is 0 Å². The molecule has 0 aliphatic heterocycles. The average molecular weight is 537 g/mol. The molecule has 200 valence electrons. The van der Waals surface area contributed by atoms with Gasteiger partial charge in [-0.25, -0.2) is 14.8 Å². The number of fused-ring (bicyclic) bond motifs is 1. The van der Waals surface area contributed by atoms with Crippen LogP contribution in [0.15, 0.2) is 63.5 Å². The third-order valence-corrected chi connectivity index (χ3v) is 6.06. The second-order valence-corrected chi connectivity index (χ2v) is 8.82. The number of pyridine rings is 1. The highest BCUT2D eigenvalue weighted by Crippen LogP contribution is 2.26. The fourth-order valence-electron chi connectivity index (χ4n) is 3.93. The number of halogens is 2. The third kappa shape index (κ3) is 4.81. The number of aryl methyl sites for hydroxylation is 1. The lowest BCUT2D eigenvalue weighted by Gasteiger charge is -2.15. The van der Waals surface area contributed by atoms with E-state index in [0.29, 0.717) is 17.0 Å². The molecule has 0 aliphatic carbocycles. The highest BCUT2D eigenvalue weighted by molar-refractivity contribution is 5.93. The number of aromatic nitrogens is 8. The number of nitrogens with zero attached hydrogens (tertiary/aromatic N) is 8. The molecule has 1 N–H and O–H groups in total. The molecular weight excluding hydrogens is 516 g/mol. The van der Waals surface area contributed by atoms with Crippen molar-refractivity contribution < 1.29 is 18.1 Å². The van der Waals surface area contributed by atoms with Gasteiger partial charge >= 0.3 is 5.69 Å². The van der Waals surface area contributed by atoms with Crippen molar-refractivity contribution in [2.75, 3.05) is 5.32 Å². The van der Waals surface area contributed by atoms with E-state index in [-0.39, 0.29) is 29.2 Å². The summed E-state index contributed by atoms with van der Waals surface area (Å²) in [6.45, 7) is 2.17. The molecular formula is C24H21F2N9O4. The van der Waals surface area contributed by atoms with Crippen LogP contribution in [-0.4, -0.2) is 44.7 Å². The van der Waals surface area contributed by atoms with Gasteiger partial charge in [0, 0.05) is 31.8 Å². The van der Waals surface area contributed by atoms with E-state index < -0.39 is 29.1 Å². The Hall–Kier alpha value is -5.08. The number of imidazole rings is 1. The van der Waals surface area contributed by atoms with Crippen LogP contribution >= 0.6 is 0 Å². The molecule has 1 atom stereocenters. The summed E-state index contributed by atoms with van der Waals surface area (Å²) in [6.07, 6.45) is 6.59. The Bertz CT molecular complexity index is 1790. The van der Waals surface area contributed by atoms with Gasteiger partial charge in [-0.2, -0.15) is 8.78 Å². The van der Waals surface area contributed by atoms with E-state index in [0.717, 1.165) is 11.5 Å². The van der Waals surface area contributed by atoms with Gasteiger partial charge in [-0.05, 0) is 19.1 Å². The van der Waals surface area contributed by atoms with E-state index in [1.165, 1.54) is 65.6 Å². The van der Waals surface area contributed by atoms with E-state index in [2.05, 4.69) is 30.4 Å². The van der Waals surface area contributed by atoms with Crippen LogP contribution in [0.1, 0.15) is 31.3 Å². The Morgan fingerprint density at radius 3 is 2.62 bits per heavy atom. The monoisotopic (exact) mass is 537 g/mol. The highest BCUT2D eigenvalue weighted by atomic mass is 19.3. The first-order valence-electron chi connectivity index (χ1n) is 11.6. The predicted molar refractivity (Wildman–Crippen MR) is 133 cm³/mol. The maximum atomic E-state index is 13.5. The minimum atomic E-state index is -3.08. The van der Waals surface area contributed by atoms with Gasteiger partial charge in [0.2, 0.25) is 5.91 Å². The zero-order valence-corrected chi connectivity index (χ0v) is 20.9. The molecule has 5 aromatic rings. The van der Waals surface area contributed by atoms with Crippen molar-refractivity contribution in [3.8, 4) is 11.3 Å². The standard InChI is InChI=1S/C24H21F2N9O4/c1-13(21(36)31-18-10-27-9-16(30-18)14-4-5-17(28-8-14)24(2,25)26)35-12-29-20-19(35)22(37)34(23(38)33(20)3)11-15-6-7-39-32-15/h4-10,12-13H,11H2,1-3H3,(H,30,31,36)/t13-/m0/s1. The van der Waals surface area contributed by atoms with Crippen molar-refractivity contribution in [3.05, 3.63) is 81.6 Å². The molecule has 13 nitrogen and oxygen atoms in total. The Labute approximate surface area is 217 Å². The highest BCUT2D eigenvalue weighted by Gasteiger charge is 2.26. The molecule has 0 bridgehead atoms. The quantitative estimate of drug-likeness (QED) is 0.328. The molecule has 0 radical (unpaired) electrons. The third-order valence-electron chi connectivity index (χ3n) is 6.06. The van der Waals surface area contributed by atoms with E-state index >= 15 is 0 Å². The number of alkyl halides is 2. The van der Waals surface area contributed by atoms with Gasteiger partial charge in [0.1, 0.15) is 23.7 Å². The van der Waals surface area contributed by atoms with Crippen LogP contribution in [-0.2, 0) is 24.3 Å². The lowest BCUT2D eigenvalue weighted by molar-refractivity contribution is -0.118. The summed E-state index contributed by atoms with van der Waals surface area (Å²) in [7, 11) is 1.47. The summed E-state index contributed by atoms with van der Waals surface area (Å²) >= 11 is 0. The number of hydrogen-bond donors (Lipinski definition) is 1. The first-order valence-corrected chi connectivity index (χ1v) is 11.6. The minimum Gasteiger partial charge on any atom is -0.364 e. The Morgan fingerprint density at radius 2 is 1.95 bits per heavy atom. The normalized spacial score (nSPS) is 12.5. The van der Waals surface area contributed by atoms with Crippen molar-refractivity contribution in [1.82, 2.24) is 38.8 Å². The first kappa shape index (κ1) is 25.6. The largest absolute Gasteiger partial charge is 0.364 e. The molecule has 15 heteroatoms. The van der Waals surface area contributed by atoms with E-state index in [4.69, 9.17) is 4.52 Å². The van der Waals surface area contributed by atoms with Crippen molar-refractivity contribution in [3.63, 3.8) is 0 Å². The van der Waals surface area contributed by atoms with E-state index in [9.17, 15) is 23.2 Å². The molecule has 0 fully saturated rings. The number of amides is 1. The first-order chi connectivity index (χ1) is 18.5. The zero-order valence-electron chi connectivity index (χ0n) is 20.9. The van der Waals surface area contributed by atoms with Crippen LogP contribution < -0.4 is 16.6 Å². The van der Waals surface area contributed by atoms with Gasteiger partial charge in [0.05, 0.1) is 31.0 Å². The zero-order chi connectivity index (χ0) is 27.9. The molecule has 5 heterocycles. The van der Waals surface area contributed by atoms with Gasteiger partial charge in [-0.3, -0.25) is 28.7 Å². The summed E-state index contributed by atoms with van der Waals surface area (Å²) in [5.74, 6) is -3.54. The SMILES string of the molecule is C[C@@H](C(=O)Nc1cncc(-c2ccc(C(C)(F)F)nc2)n1)n1cnc2c1c(=O)n(Cc1ccon1)c(=O)n2C. The fourth-order valence-corrected chi connectivity index (χ4v) is 3.93. The summed E-state index contributed by atoms with van der Waals surface area (Å²) in [5, 5.41) is 6.38. The van der Waals surface area contributed by atoms with Gasteiger partial charge in [-0.15, -0.1) is 0 Å². The van der Waals surface area contributed by atoms with Crippen LogP contribution in [0.3, 0.4) is 0 Å². The van der Waals surface area contributed by atoms with Crippen molar-refractivity contribution in [1.29, 1.82) is 0 Å². The van der Waals surface area contributed by atoms with Crippen LogP contribution in [0.4, 0.5) is 14.6 Å². The Morgan fingerprint density at radius 1 is 1.15 bits per heavy atom. The molecule has 5 rings (SSSR count). The number of nitrogens with one attached hydrogen (secondary N) is 1. The molecule has 5 aromatic heterocycles. The Kier molecular flexibility index (Phi) is 6.33. The number of hydrogen-bond acceptors (Lipinski definition) is 9. The smallest absolute Gasteiger partial charge is 0.332 e. The van der Waals surface area contributed by atoms with Crippen LogP contribution in [0.25, 0.3) is 22.4 Å². The maximum absolute atomic E-state index is 13.5. The van der Waals surface area contributed by atoms with E-state index in [1.54, 1.807) is 6.92 Å². The predicted octanol–water partition coefficient (Wildman–Crippen LogP) is 2.10. The van der Waals surface area contributed by atoms with Gasteiger partial charge in [0.25, 0.3) is 11.5 Å². The van der Waals surface area contributed by atoms with Crippen LogP contribution in [0, 0.1) is 0 Å². The second kappa shape index (κ2) is 9.66. The summed E-state index contributed by atoms with van der Waals surface area (Å²) in [6, 6.07) is 3.21. The second-order valence-electron chi connectivity index (χ2n) is 8.82. The lowest BCUT2D eigenvalue weighted by Crippen LogP contribution is -2.40. The number of anilines is 1. The van der Waals surface area contributed by atoms with Crippen molar-refractivity contribution in [2.45, 2.75) is 32.4 Å². The number of carbonyl (C=O) groups is 1. The van der Waals surface area contributed by atoms with Gasteiger partial charge in [-0.1, -0.05) is 5.16 Å². The lowest BCUT2D eigenvalue weighted by atomic mass is 10.1. The molecule has 0 aromatic carbocycles. The molecule has 0 saturated carbocycles. The average Bonchev–Trinajstić information content (AvgIpc) is 3.60.